The van der Waals surface area contributed by atoms with Crippen molar-refractivity contribution in [2.45, 2.75) is 25.4 Å². The first kappa shape index (κ1) is 18.0. The molecule has 0 saturated carbocycles. The zero-order valence-electron chi connectivity index (χ0n) is 15.3. The summed E-state index contributed by atoms with van der Waals surface area (Å²) in [5.74, 6) is 0.345. The summed E-state index contributed by atoms with van der Waals surface area (Å²) >= 11 is 0. The van der Waals surface area contributed by atoms with Gasteiger partial charge in [-0.05, 0) is 30.0 Å². The maximum Gasteiger partial charge on any atom is 0.255 e. The second-order valence-electron chi connectivity index (χ2n) is 7.34. The van der Waals surface area contributed by atoms with Crippen LogP contribution in [0.5, 0.6) is 0 Å². The number of anilines is 1. The zero-order chi connectivity index (χ0) is 19.0. The van der Waals surface area contributed by atoms with E-state index in [0.717, 1.165) is 12.1 Å². The number of carbonyl (C=O) groups excluding carboxylic acids is 1. The van der Waals surface area contributed by atoms with Gasteiger partial charge in [0.05, 0.1) is 29.0 Å². The molecule has 1 unspecified atom stereocenters. The number of fused-ring (bicyclic) bond motifs is 1. The predicted octanol–water partition coefficient (Wildman–Crippen LogP) is 1.90. The molecule has 0 radical (unpaired) electrons. The van der Waals surface area contributed by atoms with Crippen molar-refractivity contribution in [3.05, 3.63) is 59.4 Å². The molecule has 0 bridgehead atoms. The van der Waals surface area contributed by atoms with E-state index in [1.807, 2.05) is 35.0 Å². The Morgan fingerprint density at radius 2 is 2.00 bits per heavy atom. The Kier molecular flexibility index (Phi) is 4.63. The van der Waals surface area contributed by atoms with Crippen molar-refractivity contribution < 1.29 is 13.2 Å². The lowest BCUT2D eigenvalue weighted by molar-refractivity contribution is 0.0734. The Hall–Kier alpha value is -2.41. The number of sulfone groups is 1. The lowest BCUT2D eigenvalue weighted by atomic mass is 9.99. The topological polar surface area (TPSA) is 70.6 Å². The quantitative estimate of drug-likeness (QED) is 0.807. The van der Waals surface area contributed by atoms with Crippen LogP contribution in [-0.4, -0.2) is 55.3 Å². The van der Waals surface area contributed by atoms with Crippen LogP contribution < -0.4 is 4.90 Å². The molecule has 1 fully saturated rings. The van der Waals surface area contributed by atoms with Crippen LogP contribution in [0.4, 0.5) is 5.69 Å². The molecule has 1 aromatic heterocycles. The summed E-state index contributed by atoms with van der Waals surface area (Å²) in [6.45, 7) is 1.30. The van der Waals surface area contributed by atoms with Gasteiger partial charge in [0.2, 0.25) is 0 Å². The van der Waals surface area contributed by atoms with Crippen LogP contribution in [-0.2, 0) is 22.8 Å². The van der Waals surface area contributed by atoms with Gasteiger partial charge < -0.3 is 9.80 Å². The molecule has 1 aromatic carbocycles. The minimum Gasteiger partial charge on any atom is -0.369 e. The van der Waals surface area contributed by atoms with E-state index in [9.17, 15) is 13.2 Å². The van der Waals surface area contributed by atoms with E-state index in [0.29, 0.717) is 25.1 Å². The van der Waals surface area contributed by atoms with Gasteiger partial charge in [0.15, 0.2) is 9.84 Å². The molecule has 0 aliphatic carbocycles. The van der Waals surface area contributed by atoms with Crippen molar-refractivity contribution in [1.29, 1.82) is 0 Å². The molecule has 27 heavy (non-hydrogen) atoms. The van der Waals surface area contributed by atoms with Crippen LogP contribution in [0.25, 0.3) is 0 Å². The number of amides is 1. The lowest BCUT2D eigenvalue weighted by Crippen LogP contribution is -2.36. The summed E-state index contributed by atoms with van der Waals surface area (Å²) in [7, 11) is -1.09. The summed E-state index contributed by atoms with van der Waals surface area (Å²) in [5.41, 5.74) is 3.81. The molecule has 2 aliphatic heterocycles. The average Bonchev–Trinajstić information content (AvgIpc) is 3.06. The van der Waals surface area contributed by atoms with Gasteiger partial charge in [-0.2, -0.15) is 0 Å². The van der Waals surface area contributed by atoms with E-state index in [2.05, 4.69) is 17.1 Å². The molecule has 0 N–H and O–H groups in total. The highest BCUT2D eigenvalue weighted by Crippen LogP contribution is 2.25. The summed E-state index contributed by atoms with van der Waals surface area (Å²) in [5, 5.41) is 0. The second kappa shape index (κ2) is 6.96. The van der Waals surface area contributed by atoms with Crippen LogP contribution in [0.3, 0.4) is 0 Å². The molecule has 1 atom stereocenters. The molecule has 2 aromatic rings. The Balaban J connectivity index is 1.52. The standard InChI is InChI=1S/C20H23N3O3S/c1-22(18-7-9-27(25,26)14-18)19-10-17(11-21-12-19)20(24)23-8-6-15-4-2-3-5-16(15)13-23/h2-5,10-12,18H,6-9,13-14H2,1H3. The largest absolute Gasteiger partial charge is 0.369 e. The first-order valence-electron chi connectivity index (χ1n) is 9.17. The molecule has 142 valence electrons. The summed E-state index contributed by atoms with van der Waals surface area (Å²) in [6.07, 6.45) is 4.74. The molecular weight excluding hydrogens is 362 g/mol. The maximum atomic E-state index is 13.0. The molecule has 7 heteroatoms. The molecule has 6 nitrogen and oxygen atoms in total. The molecule has 0 spiro atoms. The number of carbonyl (C=O) groups is 1. The number of benzene rings is 1. The fraction of sp³-hybridized carbons (Fsp3) is 0.400. The van der Waals surface area contributed by atoms with Crippen molar-refractivity contribution in [2.24, 2.45) is 0 Å². The number of rotatable bonds is 3. The molecule has 4 rings (SSSR count). The molecule has 2 aliphatic rings. The van der Waals surface area contributed by atoms with E-state index in [1.54, 1.807) is 12.4 Å². The van der Waals surface area contributed by atoms with Crippen molar-refractivity contribution >= 4 is 21.4 Å². The summed E-state index contributed by atoms with van der Waals surface area (Å²) in [4.78, 5) is 21.0. The van der Waals surface area contributed by atoms with Crippen LogP contribution in [0, 0.1) is 0 Å². The van der Waals surface area contributed by atoms with Crippen molar-refractivity contribution in [3.63, 3.8) is 0 Å². The van der Waals surface area contributed by atoms with Crippen molar-refractivity contribution in [3.8, 4) is 0 Å². The number of aromatic nitrogens is 1. The number of hydrogen-bond acceptors (Lipinski definition) is 5. The molecule has 1 saturated heterocycles. The monoisotopic (exact) mass is 385 g/mol. The van der Waals surface area contributed by atoms with E-state index >= 15 is 0 Å². The van der Waals surface area contributed by atoms with Gasteiger partial charge in [0, 0.05) is 32.4 Å². The third-order valence-electron chi connectivity index (χ3n) is 5.55. The first-order valence-corrected chi connectivity index (χ1v) is 11.0. The molecule has 3 heterocycles. The smallest absolute Gasteiger partial charge is 0.255 e. The Labute approximate surface area is 159 Å². The number of pyridine rings is 1. The minimum atomic E-state index is -2.96. The van der Waals surface area contributed by atoms with E-state index in [-0.39, 0.29) is 23.5 Å². The van der Waals surface area contributed by atoms with Gasteiger partial charge in [-0.1, -0.05) is 24.3 Å². The predicted molar refractivity (Wildman–Crippen MR) is 105 cm³/mol. The van der Waals surface area contributed by atoms with E-state index in [4.69, 9.17) is 0 Å². The fourth-order valence-corrected chi connectivity index (χ4v) is 5.66. The van der Waals surface area contributed by atoms with Gasteiger partial charge in [0.1, 0.15) is 0 Å². The Bertz CT molecular complexity index is 974. The Morgan fingerprint density at radius 1 is 1.22 bits per heavy atom. The Morgan fingerprint density at radius 3 is 2.74 bits per heavy atom. The second-order valence-corrected chi connectivity index (χ2v) is 9.57. The third kappa shape index (κ3) is 3.69. The average molecular weight is 385 g/mol. The molecule has 1 amide bonds. The van der Waals surface area contributed by atoms with Gasteiger partial charge >= 0.3 is 0 Å². The van der Waals surface area contributed by atoms with Crippen LogP contribution >= 0.6 is 0 Å². The number of nitrogens with zero attached hydrogens (tertiary/aromatic N) is 3. The van der Waals surface area contributed by atoms with Gasteiger partial charge in [-0.3, -0.25) is 9.78 Å². The lowest BCUT2D eigenvalue weighted by Gasteiger charge is -2.29. The SMILES string of the molecule is CN(c1cncc(C(=O)N2CCc3ccccc3C2)c1)C1CCS(=O)(=O)C1. The normalized spacial score (nSPS) is 20.9. The van der Waals surface area contributed by atoms with Crippen LogP contribution in [0.2, 0.25) is 0 Å². The van der Waals surface area contributed by atoms with Gasteiger partial charge in [0.25, 0.3) is 5.91 Å². The van der Waals surface area contributed by atoms with Crippen LogP contribution in [0.1, 0.15) is 27.9 Å². The van der Waals surface area contributed by atoms with E-state index < -0.39 is 9.84 Å². The highest BCUT2D eigenvalue weighted by molar-refractivity contribution is 7.91. The van der Waals surface area contributed by atoms with Crippen LogP contribution in [0.15, 0.2) is 42.7 Å². The van der Waals surface area contributed by atoms with Crippen molar-refractivity contribution in [1.82, 2.24) is 9.88 Å². The van der Waals surface area contributed by atoms with Crippen molar-refractivity contribution in [2.75, 3.05) is 30.0 Å². The summed E-state index contributed by atoms with van der Waals surface area (Å²) < 4.78 is 23.5. The molecular formula is C20H23N3O3S. The number of hydrogen-bond donors (Lipinski definition) is 0. The fourth-order valence-electron chi connectivity index (χ4n) is 3.88. The summed E-state index contributed by atoms with van der Waals surface area (Å²) in [6, 6.07) is 9.97. The zero-order valence-corrected chi connectivity index (χ0v) is 16.2. The highest BCUT2D eigenvalue weighted by atomic mass is 32.2. The highest BCUT2D eigenvalue weighted by Gasteiger charge is 2.31. The maximum absolute atomic E-state index is 13.0. The van der Waals surface area contributed by atoms with Gasteiger partial charge in [-0.15, -0.1) is 0 Å². The third-order valence-corrected chi connectivity index (χ3v) is 7.30. The van der Waals surface area contributed by atoms with E-state index in [1.165, 1.54) is 11.1 Å². The first-order chi connectivity index (χ1) is 12.9. The minimum absolute atomic E-state index is 0.0358. The van der Waals surface area contributed by atoms with Gasteiger partial charge in [-0.25, -0.2) is 8.42 Å².